The van der Waals surface area contributed by atoms with Crippen LogP contribution < -0.4 is 10.3 Å². The number of fused-ring (bicyclic) bond motifs is 3. The molecule has 140 valence electrons. The zero-order valence-electron chi connectivity index (χ0n) is 15.6. The number of aryl methyl sites for hydroxylation is 1. The lowest BCUT2D eigenvalue weighted by molar-refractivity contribution is 0.0662. The lowest BCUT2D eigenvalue weighted by atomic mass is 10.0. The molecule has 0 N–H and O–H groups in total. The SMILES string of the molecule is Cc1cc2ncn(-c3ccc(O[C@H]4C[C@H]5CC[C@@H](C4)N5C)cc3)c(=O)c2s1. The molecule has 3 aromatic rings. The van der Waals surface area contributed by atoms with E-state index in [1.165, 1.54) is 24.2 Å². The molecular weight excluding hydrogens is 358 g/mol. The zero-order chi connectivity index (χ0) is 18.5. The topological polar surface area (TPSA) is 47.4 Å². The van der Waals surface area contributed by atoms with Crippen LogP contribution in [0.3, 0.4) is 0 Å². The van der Waals surface area contributed by atoms with Gasteiger partial charge >= 0.3 is 0 Å². The molecule has 27 heavy (non-hydrogen) atoms. The normalized spacial score (nSPS) is 25.2. The number of aromatic nitrogens is 2. The molecule has 3 atom stereocenters. The lowest BCUT2D eigenvalue weighted by Crippen LogP contribution is -2.43. The average molecular weight is 382 g/mol. The lowest BCUT2D eigenvalue weighted by Gasteiger charge is -2.36. The molecule has 0 unspecified atom stereocenters. The maximum atomic E-state index is 12.8. The van der Waals surface area contributed by atoms with Gasteiger partial charge in [0.15, 0.2) is 0 Å². The molecule has 5 nitrogen and oxygen atoms in total. The number of benzene rings is 1. The molecule has 2 saturated heterocycles. The third kappa shape index (κ3) is 2.97. The summed E-state index contributed by atoms with van der Waals surface area (Å²) in [5, 5.41) is 0. The molecule has 2 fully saturated rings. The molecule has 0 spiro atoms. The van der Waals surface area contributed by atoms with Crippen molar-refractivity contribution in [1.29, 1.82) is 0 Å². The molecule has 4 heterocycles. The van der Waals surface area contributed by atoms with Crippen LogP contribution in [0, 0.1) is 6.92 Å². The van der Waals surface area contributed by atoms with E-state index in [2.05, 4.69) is 16.9 Å². The molecule has 0 radical (unpaired) electrons. The van der Waals surface area contributed by atoms with E-state index in [0.717, 1.165) is 34.7 Å². The molecule has 2 bridgehead atoms. The van der Waals surface area contributed by atoms with Crippen molar-refractivity contribution >= 4 is 21.6 Å². The van der Waals surface area contributed by atoms with Gasteiger partial charge in [-0.2, -0.15) is 0 Å². The molecule has 2 aromatic heterocycles. The van der Waals surface area contributed by atoms with Gasteiger partial charge in [0.05, 0.1) is 11.2 Å². The van der Waals surface area contributed by atoms with Gasteiger partial charge in [-0.25, -0.2) is 4.98 Å². The Kier molecular flexibility index (Phi) is 4.06. The monoisotopic (exact) mass is 381 g/mol. The standard InChI is InChI=1S/C21H23N3O2S/c1-13-9-19-20(27-13)21(25)24(12-22-19)14-5-7-17(8-6-14)26-18-10-15-3-4-16(11-18)23(15)2/h5-9,12,15-16,18H,3-4,10-11H2,1-2H3/t15-,16+,18+. The second-order valence-corrected chi connectivity index (χ2v) is 9.00. The first-order valence-corrected chi connectivity index (χ1v) is 10.4. The van der Waals surface area contributed by atoms with E-state index in [9.17, 15) is 4.79 Å². The fraction of sp³-hybridized carbons (Fsp3) is 0.429. The van der Waals surface area contributed by atoms with Crippen LogP contribution in [-0.2, 0) is 0 Å². The number of thiophene rings is 1. The predicted octanol–water partition coefficient (Wildman–Crippen LogP) is 3.76. The van der Waals surface area contributed by atoms with Crippen molar-refractivity contribution in [1.82, 2.24) is 14.5 Å². The smallest absolute Gasteiger partial charge is 0.275 e. The Hall–Kier alpha value is -2.18. The molecule has 0 saturated carbocycles. The second-order valence-electron chi connectivity index (χ2n) is 7.75. The molecule has 2 aliphatic rings. The fourth-order valence-corrected chi connectivity index (χ4v) is 5.45. The molecule has 6 heteroatoms. The van der Waals surface area contributed by atoms with Gasteiger partial charge in [0, 0.05) is 17.0 Å². The third-order valence-electron chi connectivity index (χ3n) is 6.03. The van der Waals surface area contributed by atoms with E-state index in [0.29, 0.717) is 22.9 Å². The Morgan fingerprint density at radius 2 is 1.85 bits per heavy atom. The highest BCUT2D eigenvalue weighted by Gasteiger charge is 2.39. The summed E-state index contributed by atoms with van der Waals surface area (Å²) in [6, 6.07) is 11.1. The summed E-state index contributed by atoms with van der Waals surface area (Å²) in [5.74, 6) is 0.877. The molecule has 5 rings (SSSR count). The van der Waals surface area contributed by atoms with Crippen molar-refractivity contribution in [3.05, 3.63) is 51.9 Å². The van der Waals surface area contributed by atoms with Gasteiger partial charge in [0.1, 0.15) is 22.9 Å². The number of rotatable bonds is 3. The van der Waals surface area contributed by atoms with Crippen molar-refractivity contribution in [3.8, 4) is 11.4 Å². The highest BCUT2D eigenvalue weighted by atomic mass is 32.1. The summed E-state index contributed by atoms with van der Waals surface area (Å²) in [5.41, 5.74) is 1.57. The van der Waals surface area contributed by atoms with Crippen LogP contribution >= 0.6 is 11.3 Å². The van der Waals surface area contributed by atoms with E-state index >= 15 is 0 Å². The van der Waals surface area contributed by atoms with E-state index < -0.39 is 0 Å². The minimum atomic E-state index is -0.0151. The summed E-state index contributed by atoms with van der Waals surface area (Å²) < 4.78 is 8.57. The van der Waals surface area contributed by atoms with Crippen molar-refractivity contribution in [3.63, 3.8) is 0 Å². The van der Waals surface area contributed by atoms with Gasteiger partial charge in [-0.3, -0.25) is 9.36 Å². The summed E-state index contributed by atoms with van der Waals surface area (Å²) in [6.07, 6.45) is 6.70. The molecule has 0 amide bonds. The first-order valence-electron chi connectivity index (χ1n) is 9.55. The van der Waals surface area contributed by atoms with Gasteiger partial charge in [-0.05, 0) is 70.0 Å². The molecule has 2 aliphatic heterocycles. The largest absolute Gasteiger partial charge is 0.490 e. The van der Waals surface area contributed by atoms with E-state index in [4.69, 9.17) is 4.74 Å². The van der Waals surface area contributed by atoms with Crippen molar-refractivity contribution < 1.29 is 4.74 Å². The third-order valence-corrected chi connectivity index (χ3v) is 7.06. The first-order chi connectivity index (χ1) is 13.1. The highest BCUT2D eigenvalue weighted by molar-refractivity contribution is 7.18. The van der Waals surface area contributed by atoms with Gasteiger partial charge < -0.3 is 9.64 Å². The number of piperidine rings is 1. The average Bonchev–Trinajstić information content (AvgIpc) is 3.12. The molecule has 1 aromatic carbocycles. The van der Waals surface area contributed by atoms with Crippen LogP contribution in [0.2, 0.25) is 0 Å². The Morgan fingerprint density at radius 1 is 1.15 bits per heavy atom. The predicted molar refractivity (Wildman–Crippen MR) is 108 cm³/mol. The van der Waals surface area contributed by atoms with Gasteiger partial charge in [0.25, 0.3) is 5.56 Å². The van der Waals surface area contributed by atoms with Crippen LogP contribution in [0.5, 0.6) is 5.75 Å². The second kappa shape index (κ2) is 6.46. The van der Waals surface area contributed by atoms with Gasteiger partial charge in [0.2, 0.25) is 0 Å². The Labute approximate surface area is 162 Å². The molecular formula is C21H23N3O2S. The van der Waals surface area contributed by atoms with Crippen LogP contribution in [-0.4, -0.2) is 39.7 Å². The summed E-state index contributed by atoms with van der Waals surface area (Å²) in [6.45, 7) is 2.00. The summed E-state index contributed by atoms with van der Waals surface area (Å²) in [4.78, 5) is 20.8. The van der Waals surface area contributed by atoms with Crippen LogP contribution in [0.25, 0.3) is 15.9 Å². The highest BCUT2D eigenvalue weighted by Crippen LogP contribution is 2.36. The maximum absolute atomic E-state index is 12.8. The Balaban J connectivity index is 1.36. The van der Waals surface area contributed by atoms with Gasteiger partial charge in [-0.15, -0.1) is 11.3 Å². The quantitative estimate of drug-likeness (QED) is 0.693. The van der Waals surface area contributed by atoms with Gasteiger partial charge in [-0.1, -0.05) is 0 Å². The van der Waals surface area contributed by atoms with Crippen molar-refractivity contribution in [2.24, 2.45) is 0 Å². The minimum Gasteiger partial charge on any atom is -0.490 e. The summed E-state index contributed by atoms with van der Waals surface area (Å²) >= 11 is 1.50. The van der Waals surface area contributed by atoms with E-state index in [1.807, 2.05) is 37.3 Å². The maximum Gasteiger partial charge on any atom is 0.275 e. The molecule has 0 aliphatic carbocycles. The van der Waals surface area contributed by atoms with Crippen LogP contribution in [0.15, 0.2) is 41.5 Å². The first kappa shape index (κ1) is 17.0. The fourth-order valence-electron chi connectivity index (χ4n) is 4.55. The Morgan fingerprint density at radius 3 is 2.56 bits per heavy atom. The summed E-state index contributed by atoms with van der Waals surface area (Å²) in [7, 11) is 2.24. The van der Waals surface area contributed by atoms with Crippen molar-refractivity contribution in [2.75, 3.05) is 7.05 Å². The number of nitrogens with zero attached hydrogens (tertiary/aromatic N) is 3. The Bertz CT molecular complexity index is 1030. The van der Waals surface area contributed by atoms with E-state index in [-0.39, 0.29) is 5.56 Å². The number of ether oxygens (including phenoxy) is 1. The zero-order valence-corrected chi connectivity index (χ0v) is 16.4. The van der Waals surface area contributed by atoms with Crippen LogP contribution in [0.1, 0.15) is 30.6 Å². The number of hydrogen-bond acceptors (Lipinski definition) is 5. The minimum absolute atomic E-state index is 0.0151. The van der Waals surface area contributed by atoms with Crippen LogP contribution in [0.4, 0.5) is 0 Å². The number of hydrogen-bond donors (Lipinski definition) is 0. The van der Waals surface area contributed by atoms with E-state index in [1.54, 1.807) is 10.9 Å². The van der Waals surface area contributed by atoms with Crippen molar-refractivity contribution in [2.45, 2.75) is 50.8 Å².